The second-order valence-electron chi connectivity index (χ2n) is 5.18. The van der Waals surface area contributed by atoms with Gasteiger partial charge < -0.3 is 5.21 Å². The van der Waals surface area contributed by atoms with Crippen molar-refractivity contribution in [2.45, 2.75) is 0 Å². The number of pyridine rings is 1. The van der Waals surface area contributed by atoms with Crippen LogP contribution in [-0.4, -0.2) is 9.72 Å². The molecule has 0 aliphatic rings. The number of rotatable bonds is 2. The molecule has 7 heteroatoms. The predicted octanol–water partition coefficient (Wildman–Crippen LogP) is 2.93. The molecule has 0 amide bonds. The van der Waals surface area contributed by atoms with Crippen LogP contribution in [-0.2, 0) is 0 Å². The molecule has 24 heavy (non-hydrogen) atoms. The van der Waals surface area contributed by atoms with Crippen molar-refractivity contribution < 1.29 is 9.53 Å². The highest BCUT2D eigenvalue weighted by Gasteiger charge is 2.21. The summed E-state index contributed by atoms with van der Waals surface area (Å²) in [6, 6.07) is 17.7. The predicted molar refractivity (Wildman–Crippen MR) is 89.0 cm³/mol. The Bertz CT molecular complexity index is 1090. The van der Waals surface area contributed by atoms with Gasteiger partial charge in [0.15, 0.2) is 0 Å². The Morgan fingerprint density at radius 1 is 1.08 bits per heavy atom. The van der Waals surface area contributed by atoms with Gasteiger partial charge in [-0.3, -0.25) is 14.0 Å². The monoisotopic (exact) mass is 339 g/mol. The first kappa shape index (κ1) is 14.5. The number of aromatic nitrogens is 3. The van der Waals surface area contributed by atoms with E-state index >= 15 is 0 Å². The van der Waals surface area contributed by atoms with Crippen LogP contribution < -0.4 is 10.5 Å². The smallest absolute Gasteiger partial charge is 0.314 e. The lowest BCUT2D eigenvalue weighted by atomic mass is 10.1. The summed E-state index contributed by atoms with van der Waals surface area (Å²) in [6.45, 7) is 0. The lowest BCUT2D eigenvalue weighted by molar-refractivity contribution is -0.782. The van der Waals surface area contributed by atoms with Crippen LogP contribution in [0, 0.1) is 5.21 Å². The first-order chi connectivity index (χ1) is 11.6. The minimum atomic E-state index is -0.438. The van der Waals surface area contributed by atoms with Crippen molar-refractivity contribution in [2.24, 2.45) is 0 Å². The van der Waals surface area contributed by atoms with Gasteiger partial charge in [0.25, 0.3) is 0 Å². The normalized spacial score (nSPS) is 11.0. The van der Waals surface area contributed by atoms with Gasteiger partial charge in [-0.05, 0) is 34.7 Å². The SMILES string of the molecule is O=c1c2no[n+]([O-])c2cc(-c2ccccc2)n1-c1ccc(Cl)cc1. The number of hydrogen-bond donors (Lipinski definition) is 0. The summed E-state index contributed by atoms with van der Waals surface area (Å²) in [5.74, 6) is 0. The van der Waals surface area contributed by atoms with Gasteiger partial charge in [-0.25, -0.2) is 0 Å². The molecule has 4 rings (SSSR count). The Balaban J connectivity index is 2.12. The third-order valence-electron chi connectivity index (χ3n) is 3.72. The zero-order valence-corrected chi connectivity index (χ0v) is 13.0. The molecule has 2 aromatic heterocycles. The number of nitrogens with zero attached hydrogens (tertiary/aromatic N) is 3. The Morgan fingerprint density at radius 3 is 2.50 bits per heavy atom. The van der Waals surface area contributed by atoms with Crippen LogP contribution in [0.25, 0.3) is 28.0 Å². The molecule has 0 N–H and O–H groups in total. The highest BCUT2D eigenvalue weighted by Crippen LogP contribution is 2.24. The Morgan fingerprint density at radius 2 is 1.79 bits per heavy atom. The molecule has 0 radical (unpaired) electrons. The minimum Gasteiger partial charge on any atom is -0.359 e. The zero-order valence-electron chi connectivity index (χ0n) is 12.2. The molecule has 118 valence electrons. The van der Waals surface area contributed by atoms with Crippen LogP contribution in [0.4, 0.5) is 0 Å². The number of hydrogen-bond acceptors (Lipinski definition) is 4. The number of fused-ring (bicyclic) bond motifs is 1. The van der Waals surface area contributed by atoms with Crippen molar-refractivity contribution in [3.05, 3.63) is 81.2 Å². The third-order valence-corrected chi connectivity index (χ3v) is 3.97. The molecule has 0 aliphatic heterocycles. The Kier molecular flexibility index (Phi) is 3.32. The Labute approximate surface area is 140 Å². The second kappa shape index (κ2) is 5.50. The highest BCUT2D eigenvalue weighted by molar-refractivity contribution is 6.30. The lowest BCUT2D eigenvalue weighted by Gasteiger charge is -2.12. The molecule has 2 heterocycles. The summed E-state index contributed by atoms with van der Waals surface area (Å²) < 4.78 is 6.06. The van der Waals surface area contributed by atoms with Gasteiger partial charge in [-0.1, -0.05) is 41.9 Å². The van der Waals surface area contributed by atoms with Gasteiger partial charge in [0.05, 0.1) is 10.9 Å². The summed E-state index contributed by atoms with van der Waals surface area (Å²) >= 11 is 5.93. The number of benzene rings is 2. The molecule has 0 saturated heterocycles. The quantitative estimate of drug-likeness (QED) is 0.526. The van der Waals surface area contributed by atoms with Gasteiger partial charge in [-0.15, -0.1) is 0 Å². The molecule has 0 unspecified atom stereocenters. The minimum absolute atomic E-state index is 0.0281. The second-order valence-corrected chi connectivity index (χ2v) is 5.61. The van der Waals surface area contributed by atoms with Crippen molar-refractivity contribution in [2.75, 3.05) is 0 Å². The van der Waals surface area contributed by atoms with E-state index in [9.17, 15) is 10.0 Å². The van der Waals surface area contributed by atoms with Gasteiger partial charge >= 0.3 is 11.1 Å². The lowest BCUT2D eigenvalue weighted by Crippen LogP contribution is -2.26. The van der Waals surface area contributed by atoms with Crippen LogP contribution in [0.3, 0.4) is 0 Å². The maximum absolute atomic E-state index is 12.9. The fraction of sp³-hybridized carbons (Fsp3) is 0. The first-order valence-corrected chi connectivity index (χ1v) is 7.50. The zero-order chi connectivity index (χ0) is 16.7. The summed E-state index contributed by atoms with van der Waals surface area (Å²) in [6.07, 6.45) is 0. The standard InChI is InChI=1S/C17H10ClN3O3/c18-12-6-8-13(9-7-12)20-14(11-4-2-1-3-5-11)10-15-16(17(20)22)19-24-21(15)23/h1-10H. The molecule has 6 nitrogen and oxygen atoms in total. The van der Waals surface area contributed by atoms with Crippen LogP contribution in [0.1, 0.15) is 0 Å². The Hall–Kier alpha value is -3.12. The van der Waals surface area contributed by atoms with Crippen LogP contribution in [0.15, 0.2) is 70.1 Å². The molecule has 0 saturated carbocycles. The van der Waals surface area contributed by atoms with Gasteiger partial charge in [-0.2, -0.15) is 0 Å². The highest BCUT2D eigenvalue weighted by atomic mass is 35.5. The first-order valence-electron chi connectivity index (χ1n) is 7.12. The molecule has 2 aromatic carbocycles. The van der Waals surface area contributed by atoms with E-state index in [4.69, 9.17) is 11.6 Å². The van der Waals surface area contributed by atoms with E-state index in [-0.39, 0.29) is 15.9 Å². The molecule has 0 bridgehead atoms. The third kappa shape index (κ3) is 2.24. The molecule has 0 fully saturated rings. The van der Waals surface area contributed by atoms with E-state index < -0.39 is 5.56 Å². The van der Waals surface area contributed by atoms with Crippen molar-refractivity contribution in [1.82, 2.24) is 9.72 Å². The fourth-order valence-electron chi connectivity index (χ4n) is 2.60. The van der Waals surface area contributed by atoms with Gasteiger partial charge in [0.2, 0.25) is 5.52 Å². The van der Waals surface area contributed by atoms with Crippen molar-refractivity contribution >= 4 is 22.6 Å². The molecule has 0 spiro atoms. The van der Waals surface area contributed by atoms with E-state index in [1.165, 1.54) is 4.57 Å². The summed E-state index contributed by atoms with van der Waals surface area (Å²) in [4.78, 5) is 13.1. The van der Waals surface area contributed by atoms with E-state index in [1.807, 2.05) is 30.3 Å². The number of halogens is 1. The molecule has 4 aromatic rings. The molecular formula is C17H10ClN3O3. The summed E-state index contributed by atoms with van der Waals surface area (Å²) in [5.41, 5.74) is 1.58. The van der Waals surface area contributed by atoms with Crippen molar-refractivity contribution in [3.63, 3.8) is 0 Å². The molecular weight excluding hydrogens is 330 g/mol. The largest absolute Gasteiger partial charge is 0.359 e. The van der Waals surface area contributed by atoms with Crippen molar-refractivity contribution in [1.29, 1.82) is 0 Å². The fourth-order valence-corrected chi connectivity index (χ4v) is 2.73. The van der Waals surface area contributed by atoms with Gasteiger partial charge in [0, 0.05) is 16.8 Å². The van der Waals surface area contributed by atoms with E-state index in [2.05, 4.69) is 9.79 Å². The van der Waals surface area contributed by atoms with Gasteiger partial charge in [0.1, 0.15) is 0 Å². The van der Waals surface area contributed by atoms with Crippen molar-refractivity contribution in [3.8, 4) is 16.9 Å². The molecule has 0 aliphatic carbocycles. The van der Waals surface area contributed by atoms with E-state index in [1.54, 1.807) is 30.3 Å². The summed E-state index contributed by atoms with van der Waals surface area (Å²) in [7, 11) is 0. The van der Waals surface area contributed by atoms with Crippen LogP contribution in [0.5, 0.6) is 0 Å². The van der Waals surface area contributed by atoms with E-state index in [0.717, 1.165) is 5.56 Å². The summed E-state index contributed by atoms with van der Waals surface area (Å²) in [5, 5.41) is 15.9. The van der Waals surface area contributed by atoms with E-state index in [0.29, 0.717) is 16.4 Å². The van der Waals surface area contributed by atoms with Crippen LogP contribution in [0.2, 0.25) is 5.02 Å². The average Bonchev–Trinajstić information content (AvgIpc) is 2.98. The van der Waals surface area contributed by atoms with Crippen LogP contribution >= 0.6 is 11.6 Å². The maximum atomic E-state index is 12.9. The molecule has 0 atom stereocenters. The average molecular weight is 340 g/mol. The topological polar surface area (TPSA) is 75.0 Å². The maximum Gasteiger partial charge on any atom is 0.314 e.